The summed E-state index contributed by atoms with van der Waals surface area (Å²) in [5.41, 5.74) is 6.91. The summed E-state index contributed by atoms with van der Waals surface area (Å²) in [6.45, 7) is 5.85. The molecule has 2 aromatic rings. The standard InChI is InChI=1S/C16H21NO2/c1-3-18-11-12(2)19-16-9-8-13(10-17)14-6-4-5-7-15(14)16/h4-9,12H,3,10-11,17H2,1-2H3. The van der Waals surface area contributed by atoms with Crippen molar-refractivity contribution < 1.29 is 9.47 Å². The van der Waals surface area contributed by atoms with Crippen LogP contribution < -0.4 is 10.5 Å². The van der Waals surface area contributed by atoms with Gasteiger partial charge in [-0.2, -0.15) is 0 Å². The highest BCUT2D eigenvalue weighted by Gasteiger charge is 2.09. The molecule has 0 fully saturated rings. The number of benzene rings is 2. The Balaban J connectivity index is 2.29. The van der Waals surface area contributed by atoms with Gasteiger partial charge in [-0.1, -0.05) is 30.3 Å². The van der Waals surface area contributed by atoms with Crippen LogP contribution in [0.25, 0.3) is 10.8 Å². The Morgan fingerprint density at radius 2 is 1.84 bits per heavy atom. The molecule has 3 nitrogen and oxygen atoms in total. The Kier molecular flexibility index (Phi) is 4.77. The molecule has 19 heavy (non-hydrogen) atoms. The van der Waals surface area contributed by atoms with Gasteiger partial charge in [0, 0.05) is 18.5 Å². The van der Waals surface area contributed by atoms with Gasteiger partial charge in [0.25, 0.3) is 0 Å². The van der Waals surface area contributed by atoms with Crippen LogP contribution in [0.15, 0.2) is 36.4 Å². The third kappa shape index (κ3) is 3.25. The van der Waals surface area contributed by atoms with Gasteiger partial charge in [0.2, 0.25) is 0 Å². The molecule has 102 valence electrons. The van der Waals surface area contributed by atoms with Gasteiger partial charge in [-0.05, 0) is 30.9 Å². The van der Waals surface area contributed by atoms with Crippen molar-refractivity contribution in [3.05, 3.63) is 42.0 Å². The molecule has 0 aromatic heterocycles. The highest BCUT2D eigenvalue weighted by molar-refractivity contribution is 5.91. The van der Waals surface area contributed by atoms with Gasteiger partial charge in [0.15, 0.2) is 0 Å². The summed E-state index contributed by atoms with van der Waals surface area (Å²) >= 11 is 0. The molecule has 0 bridgehead atoms. The Morgan fingerprint density at radius 1 is 1.11 bits per heavy atom. The van der Waals surface area contributed by atoms with Gasteiger partial charge in [-0.25, -0.2) is 0 Å². The number of ether oxygens (including phenoxy) is 2. The van der Waals surface area contributed by atoms with Crippen LogP contribution in [0.3, 0.4) is 0 Å². The van der Waals surface area contributed by atoms with Crippen LogP contribution in [0, 0.1) is 0 Å². The van der Waals surface area contributed by atoms with Gasteiger partial charge in [-0.15, -0.1) is 0 Å². The molecule has 2 N–H and O–H groups in total. The first-order valence-corrected chi connectivity index (χ1v) is 6.71. The summed E-state index contributed by atoms with van der Waals surface area (Å²) in [4.78, 5) is 0. The summed E-state index contributed by atoms with van der Waals surface area (Å²) < 4.78 is 11.3. The average Bonchev–Trinajstić information content (AvgIpc) is 2.45. The molecule has 0 saturated carbocycles. The van der Waals surface area contributed by atoms with Gasteiger partial charge in [-0.3, -0.25) is 0 Å². The Bertz CT molecular complexity index is 539. The first kappa shape index (κ1) is 13.8. The van der Waals surface area contributed by atoms with Crippen molar-refractivity contribution in [1.29, 1.82) is 0 Å². The van der Waals surface area contributed by atoms with Crippen LogP contribution in [-0.4, -0.2) is 19.3 Å². The first-order chi connectivity index (χ1) is 9.26. The maximum Gasteiger partial charge on any atom is 0.127 e. The minimum Gasteiger partial charge on any atom is -0.488 e. The van der Waals surface area contributed by atoms with Crippen molar-refractivity contribution in [3.63, 3.8) is 0 Å². The van der Waals surface area contributed by atoms with Gasteiger partial charge in [0.05, 0.1) is 6.61 Å². The third-order valence-electron chi connectivity index (χ3n) is 3.08. The number of fused-ring (bicyclic) bond motifs is 1. The summed E-state index contributed by atoms with van der Waals surface area (Å²) in [6.07, 6.45) is 0.0343. The number of hydrogen-bond donors (Lipinski definition) is 1. The maximum atomic E-state index is 5.96. The van der Waals surface area contributed by atoms with Gasteiger partial charge >= 0.3 is 0 Å². The fourth-order valence-electron chi connectivity index (χ4n) is 2.15. The van der Waals surface area contributed by atoms with E-state index >= 15 is 0 Å². The van der Waals surface area contributed by atoms with Crippen molar-refractivity contribution in [1.82, 2.24) is 0 Å². The van der Waals surface area contributed by atoms with E-state index in [1.165, 1.54) is 0 Å². The van der Waals surface area contributed by atoms with E-state index in [2.05, 4.69) is 12.1 Å². The summed E-state index contributed by atoms with van der Waals surface area (Å²) in [5.74, 6) is 0.889. The molecule has 0 heterocycles. The highest BCUT2D eigenvalue weighted by atomic mass is 16.5. The fraction of sp³-hybridized carbons (Fsp3) is 0.375. The van der Waals surface area contributed by atoms with E-state index in [1.807, 2.05) is 38.1 Å². The Hall–Kier alpha value is -1.58. The number of hydrogen-bond acceptors (Lipinski definition) is 3. The molecule has 0 radical (unpaired) electrons. The van der Waals surface area contributed by atoms with E-state index in [-0.39, 0.29) is 6.10 Å². The fourth-order valence-corrected chi connectivity index (χ4v) is 2.15. The summed E-state index contributed by atoms with van der Waals surface area (Å²) in [6, 6.07) is 12.2. The Labute approximate surface area is 114 Å². The van der Waals surface area contributed by atoms with Crippen LogP contribution in [0.4, 0.5) is 0 Å². The normalized spacial score (nSPS) is 12.6. The molecular formula is C16H21NO2. The van der Waals surface area contributed by atoms with Crippen LogP contribution >= 0.6 is 0 Å². The smallest absolute Gasteiger partial charge is 0.127 e. The second-order valence-electron chi connectivity index (χ2n) is 4.56. The van der Waals surface area contributed by atoms with Crippen molar-refractivity contribution in [2.24, 2.45) is 5.73 Å². The van der Waals surface area contributed by atoms with E-state index in [0.29, 0.717) is 19.8 Å². The molecular weight excluding hydrogens is 238 g/mol. The predicted molar refractivity (Wildman–Crippen MR) is 78.4 cm³/mol. The lowest BCUT2D eigenvalue weighted by molar-refractivity contribution is 0.0665. The predicted octanol–water partition coefficient (Wildman–Crippen LogP) is 3.10. The molecule has 0 saturated heterocycles. The molecule has 2 aromatic carbocycles. The van der Waals surface area contributed by atoms with Crippen molar-refractivity contribution in [3.8, 4) is 5.75 Å². The van der Waals surface area contributed by atoms with Gasteiger partial charge in [0.1, 0.15) is 11.9 Å². The monoisotopic (exact) mass is 259 g/mol. The van der Waals surface area contributed by atoms with E-state index in [1.54, 1.807) is 0 Å². The molecule has 1 unspecified atom stereocenters. The SMILES string of the molecule is CCOCC(C)Oc1ccc(CN)c2ccccc12. The summed E-state index contributed by atoms with van der Waals surface area (Å²) in [5, 5.41) is 2.26. The Morgan fingerprint density at radius 3 is 2.53 bits per heavy atom. The van der Waals surface area contributed by atoms with Gasteiger partial charge < -0.3 is 15.2 Å². The van der Waals surface area contributed by atoms with E-state index < -0.39 is 0 Å². The summed E-state index contributed by atoms with van der Waals surface area (Å²) in [7, 11) is 0. The second-order valence-corrected chi connectivity index (χ2v) is 4.56. The first-order valence-electron chi connectivity index (χ1n) is 6.71. The number of rotatable bonds is 6. The molecule has 0 aliphatic rings. The van der Waals surface area contributed by atoms with Crippen LogP contribution in [0.5, 0.6) is 5.75 Å². The second kappa shape index (κ2) is 6.55. The van der Waals surface area contributed by atoms with Crippen molar-refractivity contribution in [2.75, 3.05) is 13.2 Å². The van der Waals surface area contributed by atoms with Crippen molar-refractivity contribution >= 4 is 10.8 Å². The lowest BCUT2D eigenvalue weighted by Crippen LogP contribution is -2.19. The zero-order valence-corrected chi connectivity index (χ0v) is 11.6. The lowest BCUT2D eigenvalue weighted by atomic mass is 10.0. The largest absolute Gasteiger partial charge is 0.488 e. The molecule has 1 atom stereocenters. The van der Waals surface area contributed by atoms with E-state index in [9.17, 15) is 0 Å². The minimum absolute atomic E-state index is 0.0343. The van der Waals surface area contributed by atoms with E-state index in [0.717, 1.165) is 22.1 Å². The zero-order chi connectivity index (χ0) is 13.7. The zero-order valence-electron chi connectivity index (χ0n) is 11.6. The molecule has 3 heteroatoms. The maximum absolute atomic E-state index is 5.96. The van der Waals surface area contributed by atoms with Crippen LogP contribution in [0.1, 0.15) is 19.4 Å². The van der Waals surface area contributed by atoms with E-state index in [4.69, 9.17) is 15.2 Å². The quantitative estimate of drug-likeness (QED) is 0.867. The third-order valence-corrected chi connectivity index (χ3v) is 3.08. The van der Waals surface area contributed by atoms with Crippen molar-refractivity contribution in [2.45, 2.75) is 26.5 Å². The van der Waals surface area contributed by atoms with Crippen LogP contribution in [-0.2, 0) is 11.3 Å². The molecule has 2 rings (SSSR count). The molecule has 0 aliphatic heterocycles. The lowest BCUT2D eigenvalue weighted by Gasteiger charge is -2.17. The molecule has 0 amide bonds. The number of nitrogens with two attached hydrogens (primary N) is 1. The highest BCUT2D eigenvalue weighted by Crippen LogP contribution is 2.29. The topological polar surface area (TPSA) is 44.5 Å². The molecule has 0 aliphatic carbocycles. The molecule has 0 spiro atoms. The average molecular weight is 259 g/mol. The minimum atomic E-state index is 0.0343. The van der Waals surface area contributed by atoms with Crippen LogP contribution in [0.2, 0.25) is 0 Å².